The van der Waals surface area contributed by atoms with E-state index in [1.807, 2.05) is 0 Å². The average molecular weight is 141 g/mol. The van der Waals surface area contributed by atoms with Crippen LogP contribution < -0.4 is 16.4 Å². The molecule has 0 saturated carbocycles. The molecule has 0 amide bonds. The molecule has 4 heteroatoms. The minimum absolute atomic E-state index is 0.0505. The number of hydrogen-bond acceptors (Lipinski definition) is 4. The maximum Gasteiger partial charge on any atom is 0.177 e. The third-order valence-corrected chi connectivity index (χ3v) is 1.13. The van der Waals surface area contributed by atoms with Gasteiger partial charge in [-0.1, -0.05) is 13.2 Å². The van der Waals surface area contributed by atoms with Crippen LogP contribution in [0.3, 0.4) is 0 Å². The molecule has 0 bridgehead atoms. The number of hydrogen-bond donors (Lipinski definition) is 3. The second kappa shape index (κ2) is 3.36. The zero-order valence-corrected chi connectivity index (χ0v) is 5.68. The summed E-state index contributed by atoms with van der Waals surface area (Å²) in [5.41, 5.74) is 8.37. The van der Waals surface area contributed by atoms with Crippen molar-refractivity contribution in [3.05, 3.63) is 25.0 Å². The molecule has 3 N–H and O–H groups in total. The summed E-state index contributed by atoms with van der Waals surface area (Å²) < 4.78 is 5.21. The van der Waals surface area contributed by atoms with Gasteiger partial charge in [0.25, 0.3) is 0 Å². The fraction of sp³-hybridized carbons (Fsp3) is 0.333. The molecule has 0 aliphatic carbocycles. The fourth-order valence-electron chi connectivity index (χ4n) is 0.628. The molecule has 0 aromatic rings. The number of allylic oxidation sites excluding steroid dienone is 1. The predicted molar refractivity (Wildman–Crippen MR) is 38.5 cm³/mol. The van der Waals surface area contributed by atoms with Gasteiger partial charge in [-0.25, -0.2) is 10.9 Å². The second-order valence-corrected chi connectivity index (χ2v) is 1.93. The van der Waals surface area contributed by atoms with Crippen molar-refractivity contribution < 1.29 is 4.74 Å². The third-order valence-electron chi connectivity index (χ3n) is 1.13. The van der Waals surface area contributed by atoms with Gasteiger partial charge < -0.3 is 4.74 Å². The van der Waals surface area contributed by atoms with Gasteiger partial charge in [0.15, 0.2) is 6.23 Å². The summed E-state index contributed by atoms with van der Waals surface area (Å²) in [6.45, 7) is 7.83. The number of ether oxygens (including phenoxy) is 1. The van der Waals surface area contributed by atoms with Crippen LogP contribution in [-0.2, 0) is 4.74 Å². The standard InChI is InChI=1S/C6H11N3O/c1-3-5(2)10-6-4-7-9-8-6/h3,6-9H,1-2,4H2. The van der Waals surface area contributed by atoms with Gasteiger partial charge in [-0.15, -0.1) is 0 Å². The van der Waals surface area contributed by atoms with Gasteiger partial charge >= 0.3 is 0 Å². The van der Waals surface area contributed by atoms with Gasteiger partial charge in [0.2, 0.25) is 0 Å². The van der Waals surface area contributed by atoms with E-state index >= 15 is 0 Å². The summed E-state index contributed by atoms with van der Waals surface area (Å²) in [6, 6.07) is 0. The van der Waals surface area contributed by atoms with E-state index in [1.54, 1.807) is 6.08 Å². The van der Waals surface area contributed by atoms with Crippen LogP contribution in [0.5, 0.6) is 0 Å². The summed E-state index contributed by atoms with van der Waals surface area (Å²) in [5.74, 6) is 0.572. The molecule has 1 saturated heterocycles. The Bertz CT molecular complexity index is 140. The van der Waals surface area contributed by atoms with Gasteiger partial charge in [-0.2, -0.15) is 5.53 Å². The van der Waals surface area contributed by atoms with Crippen LogP contribution in [0.25, 0.3) is 0 Å². The molecule has 0 spiro atoms. The maximum atomic E-state index is 5.21. The summed E-state index contributed by atoms with van der Waals surface area (Å²) >= 11 is 0. The first kappa shape index (κ1) is 7.27. The molecule has 1 atom stereocenters. The van der Waals surface area contributed by atoms with Crippen LogP contribution >= 0.6 is 0 Å². The largest absolute Gasteiger partial charge is 0.473 e. The molecular weight excluding hydrogens is 130 g/mol. The predicted octanol–water partition coefficient (Wildman–Crippen LogP) is -0.359. The lowest BCUT2D eigenvalue weighted by molar-refractivity contribution is 0.118. The first-order chi connectivity index (χ1) is 4.83. The highest BCUT2D eigenvalue weighted by Crippen LogP contribution is 1.98. The topological polar surface area (TPSA) is 45.3 Å². The lowest BCUT2D eigenvalue weighted by Gasteiger charge is -2.10. The van der Waals surface area contributed by atoms with Crippen molar-refractivity contribution in [3.63, 3.8) is 0 Å². The molecule has 1 rings (SSSR count). The third kappa shape index (κ3) is 1.84. The Kier molecular flexibility index (Phi) is 2.44. The van der Waals surface area contributed by atoms with Crippen LogP contribution in [0, 0.1) is 0 Å². The van der Waals surface area contributed by atoms with Gasteiger partial charge in [-0.05, 0) is 6.08 Å². The van der Waals surface area contributed by atoms with Gasteiger partial charge in [0.1, 0.15) is 5.76 Å². The quantitative estimate of drug-likeness (QED) is 0.371. The number of nitrogens with one attached hydrogen (secondary N) is 3. The Morgan fingerprint density at radius 1 is 1.70 bits per heavy atom. The molecule has 0 radical (unpaired) electrons. The molecule has 1 heterocycles. The lowest BCUT2D eigenvalue weighted by Crippen LogP contribution is -2.34. The van der Waals surface area contributed by atoms with Crippen molar-refractivity contribution in [1.29, 1.82) is 0 Å². The van der Waals surface area contributed by atoms with Gasteiger partial charge in [0, 0.05) is 0 Å². The highest BCUT2D eigenvalue weighted by atomic mass is 16.5. The van der Waals surface area contributed by atoms with E-state index in [0.29, 0.717) is 12.3 Å². The first-order valence-electron chi connectivity index (χ1n) is 3.04. The van der Waals surface area contributed by atoms with E-state index in [2.05, 4.69) is 29.5 Å². The molecule has 1 aliphatic heterocycles. The van der Waals surface area contributed by atoms with Crippen LogP contribution in [0.2, 0.25) is 0 Å². The fourth-order valence-corrected chi connectivity index (χ4v) is 0.628. The van der Waals surface area contributed by atoms with E-state index in [-0.39, 0.29) is 6.23 Å². The first-order valence-corrected chi connectivity index (χ1v) is 3.04. The van der Waals surface area contributed by atoms with E-state index in [9.17, 15) is 0 Å². The normalized spacial score (nSPS) is 24.2. The van der Waals surface area contributed by atoms with Crippen molar-refractivity contribution >= 4 is 0 Å². The molecule has 56 valence electrons. The Hall–Kier alpha value is -0.840. The Labute approximate surface area is 59.9 Å². The molecule has 0 aromatic carbocycles. The number of hydrazine groups is 2. The smallest absolute Gasteiger partial charge is 0.177 e. The molecule has 4 nitrogen and oxygen atoms in total. The van der Waals surface area contributed by atoms with Crippen molar-refractivity contribution in [2.75, 3.05) is 6.54 Å². The van der Waals surface area contributed by atoms with Crippen molar-refractivity contribution in [1.82, 2.24) is 16.4 Å². The van der Waals surface area contributed by atoms with Gasteiger partial charge in [-0.3, -0.25) is 0 Å². The lowest BCUT2D eigenvalue weighted by atomic mass is 10.5. The Morgan fingerprint density at radius 2 is 2.50 bits per heavy atom. The monoisotopic (exact) mass is 141 g/mol. The molecular formula is C6H11N3O. The zero-order chi connectivity index (χ0) is 7.40. The minimum atomic E-state index is -0.0505. The maximum absolute atomic E-state index is 5.21. The molecule has 1 unspecified atom stereocenters. The summed E-state index contributed by atoms with van der Waals surface area (Å²) in [4.78, 5) is 0. The van der Waals surface area contributed by atoms with Crippen molar-refractivity contribution in [2.24, 2.45) is 0 Å². The van der Waals surface area contributed by atoms with Crippen LogP contribution in [0.15, 0.2) is 25.0 Å². The molecule has 0 aromatic heterocycles. The SMILES string of the molecule is C=CC(=C)OC1CNNN1. The zero-order valence-electron chi connectivity index (χ0n) is 5.68. The summed E-state index contributed by atoms with van der Waals surface area (Å²) in [6.07, 6.45) is 1.52. The van der Waals surface area contributed by atoms with Crippen LogP contribution in [-0.4, -0.2) is 12.8 Å². The summed E-state index contributed by atoms with van der Waals surface area (Å²) in [5, 5.41) is 0. The summed E-state index contributed by atoms with van der Waals surface area (Å²) in [7, 11) is 0. The highest BCUT2D eigenvalue weighted by molar-refractivity contribution is 5.02. The van der Waals surface area contributed by atoms with E-state index in [4.69, 9.17) is 4.74 Å². The Morgan fingerprint density at radius 3 is 3.00 bits per heavy atom. The van der Waals surface area contributed by atoms with Crippen molar-refractivity contribution in [2.45, 2.75) is 6.23 Å². The average Bonchev–Trinajstić information content (AvgIpc) is 2.40. The van der Waals surface area contributed by atoms with E-state index in [0.717, 1.165) is 0 Å². The highest BCUT2D eigenvalue weighted by Gasteiger charge is 2.13. The Balaban J connectivity index is 2.23. The second-order valence-electron chi connectivity index (χ2n) is 1.93. The molecule has 1 fully saturated rings. The van der Waals surface area contributed by atoms with Gasteiger partial charge in [0.05, 0.1) is 6.54 Å². The van der Waals surface area contributed by atoms with E-state index < -0.39 is 0 Å². The van der Waals surface area contributed by atoms with Crippen LogP contribution in [0.1, 0.15) is 0 Å². The van der Waals surface area contributed by atoms with Crippen LogP contribution in [0.4, 0.5) is 0 Å². The minimum Gasteiger partial charge on any atom is -0.473 e. The van der Waals surface area contributed by atoms with Crippen molar-refractivity contribution in [3.8, 4) is 0 Å². The molecule has 10 heavy (non-hydrogen) atoms. The number of rotatable bonds is 3. The van der Waals surface area contributed by atoms with E-state index in [1.165, 1.54) is 0 Å². The molecule has 1 aliphatic rings.